The lowest BCUT2D eigenvalue weighted by atomic mass is 9.68. The molecule has 5 aliphatic carbocycles. The van der Waals surface area contributed by atoms with E-state index < -0.39 is 0 Å². The highest BCUT2D eigenvalue weighted by Crippen LogP contribution is 2.50. The molecule has 5 saturated carbocycles. The fourth-order valence-electron chi connectivity index (χ4n) is 20.5. The Morgan fingerprint density at radius 2 is 0.761 bits per heavy atom. The third kappa shape index (κ3) is 27.5. The Labute approximate surface area is 709 Å². The predicted octanol–water partition coefficient (Wildman–Crippen LogP) is 19.8. The zero-order chi connectivity index (χ0) is 84.1. The third-order valence-electron chi connectivity index (χ3n) is 28.5. The number of hydrogen-bond donors (Lipinski definition) is 5. The van der Waals surface area contributed by atoms with Crippen LogP contribution < -0.4 is 0 Å². The molecule has 8 heterocycles. The summed E-state index contributed by atoms with van der Waals surface area (Å²) in [4.78, 5) is 43.3. The number of likely N-dealkylation sites (tertiary alicyclic amines) is 1. The Balaban J connectivity index is 0.000000168. The van der Waals surface area contributed by atoms with Crippen molar-refractivity contribution in [2.75, 3.05) is 115 Å². The van der Waals surface area contributed by atoms with Gasteiger partial charge in [0.2, 0.25) is 5.91 Å². The molecule has 3 amide bonds. The zero-order valence-electron chi connectivity index (χ0n) is 77.3. The number of amides is 3. The largest absolute Gasteiger partial charge is 0.350 e. The fourth-order valence-corrected chi connectivity index (χ4v) is 20.5. The molecular weight excluding hydrogens is 1460 g/mol. The minimum Gasteiger partial charge on any atom is -0.350 e. The Bertz CT molecular complexity index is 3540. The molecule has 8 fully saturated rings. The first-order valence-electron chi connectivity index (χ1n) is 47.5. The number of unbranched alkanes of at least 4 members (excludes halogenated alkanes) is 5. The van der Waals surface area contributed by atoms with E-state index in [1.165, 1.54) is 191 Å². The summed E-state index contributed by atoms with van der Waals surface area (Å²) >= 11 is 0. The highest BCUT2D eigenvalue weighted by molar-refractivity contribution is 5.84. The van der Waals surface area contributed by atoms with Crippen LogP contribution in [0, 0.1) is 35.0 Å². The van der Waals surface area contributed by atoms with Crippen molar-refractivity contribution in [3.63, 3.8) is 0 Å². The SMILES string of the molecule is CCCCN(C)Cc1cn[nH]c1C1CCC(C)CC1.CCCCN(C)Cc1cn[nH]c1C1CCC(CC)CC1.CCCCN(C)Cc1cn[nH]c1C1CCC2(CC1)CCN(C)C2=O.CCCCN(C)Cc1cn[nH]c1C1CCC2(CC1)CN(C)C(=O)N2CC(C)C.CCCCN(C)Cc1cn[nH]c1C1CCC2(CC1)OCC(C(C)C)CO2. The van der Waals surface area contributed by atoms with Gasteiger partial charge in [0, 0.05) is 171 Å². The minimum atomic E-state index is -0.319. The van der Waals surface area contributed by atoms with Crippen LogP contribution in [0.4, 0.5) is 4.79 Å². The van der Waals surface area contributed by atoms with Crippen LogP contribution in [0.15, 0.2) is 31.0 Å². The van der Waals surface area contributed by atoms with Gasteiger partial charge in [0.05, 0.1) is 55.2 Å². The van der Waals surface area contributed by atoms with E-state index in [1.54, 1.807) is 0 Å². The molecule has 3 spiro atoms. The molecule has 5 aromatic heterocycles. The third-order valence-corrected chi connectivity index (χ3v) is 28.5. The van der Waals surface area contributed by atoms with Crippen molar-refractivity contribution in [2.45, 2.75) is 355 Å². The number of nitrogens with one attached hydrogen (secondary N) is 5. The molecule has 0 aromatic carbocycles. The van der Waals surface area contributed by atoms with Crippen LogP contribution in [0.3, 0.4) is 0 Å². The monoisotopic (exact) mass is 1630 g/mol. The Morgan fingerprint density at radius 1 is 0.436 bits per heavy atom. The minimum absolute atomic E-state index is 0.0324. The molecule has 0 unspecified atom stereocenters. The maximum Gasteiger partial charge on any atom is 0.320 e. The summed E-state index contributed by atoms with van der Waals surface area (Å²) < 4.78 is 12.5. The number of carbonyl (C=O) groups excluding carboxylic acids is 2. The quantitative estimate of drug-likeness (QED) is 0.0259. The Kier molecular flexibility index (Phi) is 39.0. The average molecular weight is 1630 g/mol. The number of nitrogens with zero attached hydrogens (tertiary/aromatic N) is 13. The molecule has 22 nitrogen and oxygen atoms in total. The normalized spacial score (nSPS) is 26.3. The van der Waals surface area contributed by atoms with E-state index in [1.807, 2.05) is 54.9 Å². The van der Waals surface area contributed by atoms with Crippen LogP contribution in [0.5, 0.6) is 0 Å². The van der Waals surface area contributed by atoms with Gasteiger partial charge in [-0.05, 0) is 233 Å². The van der Waals surface area contributed by atoms with Crippen molar-refractivity contribution in [1.29, 1.82) is 0 Å². The highest BCUT2D eigenvalue weighted by atomic mass is 16.7. The van der Waals surface area contributed by atoms with Gasteiger partial charge in [0.1, 0.15) is 0 Å². The first-order chi connectivity index (χ1) is 56.4. The van der Waals surface area contributed by atoms with Gasteiger partial charge in [-0.3, -0.25) is 30.3 Å². The number of aromatic amines is 5. The second-order valence-electron chi connectivity index (χ2n) is 39.1. The summed E-state index contributed by atoms with van der Waals surface area (Å²) in [6, 6.07) is 0.215. The van der Waals surface area contributed by atoms with Crippen LogP contribution in [0.1, 0.15) is 368 Å². The molecule has 117 heavy (non-hydrogen) atoms. The number of hydrogen-bond acceptors (Lipinski definition) is 14. The lowest BCUT2D eigenvalue weighted by molar-refractivity contribution is -0.300. The molecule has 13 rings (SSSR count). The first-order valence-corrected chi connectivity index (χ1v) is 47.5. The molecule has 5 N–H and O–H groups in total. The van der Waals surface area contributed by atoms with Crippen molar-refractivity contribution < 1.29 is 19.1 Å². The van der Waals surface area contributed by atoms with E-state index in [-0.39, 0.29) is 22.8 Å². The predicted molar refractivity (Wildman–Crippen MR) is 478 cm³/mol. The van der Waals surface area contributed by atoms with E-state index in [4.69, 9.17) is 9.47 Å². The maximum atomic E-state index is 12.7. The van der Waals surface area contributed by atoms with Crippen LogP contribution in [0.25, 0.3) is 0 Å². The number of carbonyl (C=O) groups is 2. The average Bonchev–Trinajstić information content (AvgIpc) is 1.61. The number of rotatable bonds is 34. The molecule has 662 valence electrons. The van der Waals surface area contributed by atoms with Gasteiger partial charge in [0.15, 0.2) is 5.79 Å². The summed E-state index contributed by atoms with van der Waals surface area (Å²) in [5.74, 6) is 6.65. The van der Waals surface area contributed by atoms with Crippen molar-refractivity contribution >= 4 is 11.9 Å². The van der Waals surface area contributed by atoms with Crippen LogP contribution in [-0.2, 0) is 47.0 Å². The van der Waals surface area contributed by atoms with Crippen LogP contribution in [-0.4, -0.2) is 228 Å². The Hall–Kier alpha value is -5.49. The van der Waals surface area contributed by atoms with Gasteiger partial charge >= 0.3 is 6.03 Å². The van der Waals surface area contributed by atoms with Gasteiger partial charge in [-0.25, -0.2) is 4.79 Å². The molecule has 22 heteroatoms. The fraction of sp³-hybridized carbons (Fsp3) is 0.821. The number of urea groups is 1. The molecule has 0 atom stereocenters. The summed E-state index contributed by atoms with van der Waals surface area (Å²) in [6.07, 6.45) is 48.8. The maximum absolute atomic E-state index is 12.7. The summed E-state index contributed by atoms with van der Waals surface area (Å²) in [7, 11) is 14.9. The van der Waals surface area contributed by atoms with Crippen molar-refractivity contribution in [3.8, 4) is 0 Å². The Morgan fingerprint density at radius 3 is 1.07 bits per heavy atom. The molecule has 3 aliphatic heterocycles. The number of H-pyrrole nitrogens is 5. The number of likely N-dealkylation sites (N-methyl/N-ethyl adjacent to an activating group) is 1. The van der Waals surface area contributed by atoms with Crippen molar-refractivity contribution in [1.82, 2.24) is 90.2 Å². The van der Waals surface area contributed by atoms with E-state index >= 15 is 0 Å². The van der Waals surface area contributed by atoms with Crippen LogP contribution >= 0.6 is 0 Å². The molecule has 8 aliphatic rings. The highest BCUT2D eigenvalue weighted by Gasteiger charge is 2.51. The van der Waals surface area contributed by atoms with Gasteiger partial charge in [-0.15, -0.1) is 0 Å². The second kappa shape index (κ2) is 47.8. The van der Waals surface area contributed by atoms with Gasteiger partial charge in [-0.1, -0.05) is 128 Å². The molecular formula is C95H168N18O4. The van der Waals surface area contributed by atoms with E-state index in [9.17, 15) is 9.59 Å². The van der Waals surface area contributed by atoms with E-state index in [2.05, 4.69) is 192 Å². The summed E-state index contributed by atoms with van der Waals surface area (Å²) in [6.45, 7) is 40.0. The van der Waals surface area contributed by atoms with Crippen molar-refractivity contribution in [3.05, 3.63) is 87.3 Å². The second-order valence-corrected chi connectivity index (χ2v) is 39.1. The molecule has 0 radical (unpaired) electrons. The van der Waals surface area contributed by atoms with E-state index in [0.717, 1.165) is 186 Å². The lowest BCUT2D eigenvalue weighted by Crippen LogP contribution is -2.50. The first kappa shape index (κ1) is 95.3. The summed E-state index contributed by atoms with van der Waals surface area (Å²) in [5, 5.41) is 38.1. The van der Waals surface area contributed by atoms with Crippen molar-refractivity contribution in [2.24, 2.45) is 35.0 Å². The van der Waals surface area contributed by atoms with Gasteiger partial charge < -0.3 is 48.7 Å². The number of aromatic nitrogens is 10. The smallest absolute Gasteiger partial charge is 0.320 e. The molecule has 0 bridgehead atoms. The standard InChI is InChI=1S/C22H39N5O.C21H37N3O2.C19H32N4O.C17H31N3.C16H29N3/c1-6-7-12-25(4)15-19-13-23-24-20(19)18-8-10-22(11-9-18)16-26(5)21(28)27(22)14-17(2)3;1-5-6-11-24(4)13-18-12-22-23-20(18)17-7-9-21(10-8-17)25-14-19(15-26-21)16(2)3;1-4-5-11-22(2)14-16-13-20-21-17(16)15-6-8-19(9-7-15)10-12-23(3)18(19)24;1-4-6-11-20(3)13-16-12-18-19-17(16)15-9-7-14(5-2)8-10-15;1-4-5-10-19(3)12-15-11-17-18-16(15)14-8-6-13(2)7-9-14/h13,17-18H,6-12,14-16H2,1-5H3,(H,23,24);12,16-17,19H,5-11,13-15H2,1-4H3,(H,22,23);13,15H,4-12,14H2,1-3H3,(H,20,21);12,14-15H,4-11,13H2,1-3H3,(H,18,19);11,13-14H,4-10,12H2,1-3H3,(H,17,18). The molecule has 5 aromatic rings. The van der Waals surface area contributed by atoms with Gasteiger partial charge in [-0.2, -0.15) is 25.5 Å². The molecule has 3 saturated heterocycles. The van der Waals surface area contributed by atoms with Crippen LogP contribution in [0.2, 0.25) is 0 Å². The number of ether oxygens (including phenoxy) is 2. The van der Waals surface area contributed by atoms with Gasteiger partial charge in [0.25, 0.3) is 0 Å². The zero-order valence-corrected chi connectivity index (χ0v) is 77.3. The van der Waals surface area contributed by atoms with E-state index in [0.29, 0.717) is 47.3 Å². The topological polar surface area (TPSA) is 222 Å². The summed E-state index contributed by atoms with van der Waals surface area (Å²) in [5.41, 5.74) is 13.7. The lowest BCUT2D eigenvalue weighted by Gasteiger charge is -2.45.